The summed E-state index contributed by atoms with van der Waals surface area (Å²) in [4.78, 5) is 26.7. The highest BCUT2D eigenvalue weighted by Crippen LogP contribution is 2.40. The van der Waals surface area contributed by atoms with Crippen molar-refractivity contribution in [2.75, 3.05) is 11.5 Å². The van der Waals surface area contributed by atoms with E-state index in [4.69, 9.17) is 27.2 Å². The summed E-state index contributed by atoms with van der Waals surface area (Å²) in [5.41, 5.74) is 7.65. The second kappa shape index (κ2) is 10.6. The highest BCUT2D eigenvalue weighted by atomic mass is 35.5. The smallest absolute Gasteiger partial charge is 0.313 e. The van der Waals surface area contributed by atoms with Gasteiger partial charge in [0.15, 0.2) is 0 Å². The number of rotatable bonds is 10. The second-order valence-electron chi connectivity index (χ2n) is 6.31. The lowest BCUT2D eigenvalue weighted by molar-refractivity contribution is -0.133. The number of hydrogen-bond donors (Lipinski definition) is 2. The molecule has 9 heteroatoms. The maximum absolute atomic E-state index is 11.1. The van der Waals surface area contributed by atoms with Crippen molar-refractivity contribution >= 4 is 57.9 Å². The van der Waals surface area contributed by atoms with E-state index in [0.717, 1.165) is 22.2 Å². The van der Waals surface area contributed by atoms with Gasteiger partial charge >= 0.3 is 5.97 Å². The number of benzene rings is 2. The van der Waals surface area contributed by atoms with Crippen LogP contribution in [0.3, 0.4) is 0 Å². The third-order valence-electron chi connectivity index (χ3n) is 3.96. The molecule has 156 valence electrons. The molecule has 1 amide bonds. The first-order chi connectivity index (χ1) is 14.4. The van der Waals surface area contributed by atoms with Crippen molar-refractivity contribution < 1.29 is 19.4 Å². The van der Waals surface area contributed by atoms with Gasteiger partial charge in [0.05, 0.1) is 27.3 Å². The number of thioether (sulfide) groups is 2. The summed E-state index contributed by atoms with van der Waals surface area (Å²) >= 11 is 8.56. The minimum atomic E-state index is -0.917. The molecule has 0 saturated heterocycles. The van der Waals surface area contributed by atoms with E-state index in [9.17, 15) is 9.59 Å². The number of carbonyl (C=O) groups excluding carboxylic acids is 1. The third-order valence-corrected chi connectivity index (χ3v) is 7.03. The van der Waals surface area contributed by atoms with Gasteiger partial charge in [0.25, 0.3) is 0 Å². The summed E-state index contributed by atoms with van der Waals surface area (Å²) < 4.78 is 5.64. The Balaban J connectivity index is 1.71. The van der Waals surface area contributed by atoms with Crippen LogP contribution in [0.15, 0.2) is 54.6 Å². The molecule has 0 bridgehead atoms. The summed E-state index contributed by atoms with van der Waals surface area (Å²) in [5, 5.41) is 10.6. The van der Waals surface area contributed by atoms with E-state index in [1.54, 1.807) is 6.07 Å². The maximum Gasteiger partial charge on any atom is 0.313 e. The number of ether oxygens (including phenoxy) is 1. The predicted octanol–water partition coefficient (Wildman–Crippen LogP) is 4.50. The normalized spacial score (nSPS) is 11.9. The van der Waals surface area contributed by atoms with E-state index in [1.807, 2.05) is 48.5 Å². The van der Waals surface area contributed by atoms with E-state index in [1.165, 1.54) is 23.5 Å². The molecule has 1 atom stereocenters. The quantitative estimate of drug-likeness (QED) is 0.427. The lowest BCUT2D eigenvalue weighted by Crippen LogP contribution is -2.14. The van der Waals surface area contributed by atoms with Gasteiger partial charge in [-0.05, 0) is 35.9 Å². The lowest BCUT2D eigenvalue weighted by atomic mass is 10.2. The van der Waals surface area contributed by atoms with Gasteiger partial charge in [-0.25, -0.2) is 4.98 Å². The summed E-state index contributed by atoms with van der Waals surface area (Å²) in [7, 11) is 0. The average molecular weight is 463 g/mol. The van der Waals surface area contributed by atoms with Crippen molar-refractivity contribution in [3.63, 3.8) is 0 Å². The summed E-state index contributed by atoms with van der Waals surface area (Å²) in [6.07, 6.45) is 0. The average Bonchev–Trinajstić information content (AvgIpc) is 2.71. The monoisotopic (exact) mass is 462 g/mol. The van der Waals surface area contributed by atoms with Crippen LogP contribution in [0.5, 0.6) is 5.75 Å². The first-order valence-electron chi connectivity index (χ1n) is 8.92. The molecule has 0 aliphatic heterocycles. The molecule has 6 nitrogen and oxygen atoms in total. The van der Waals surface area contributed by atoms with Crippen LogP contribution in [-0.4, -0.2) is 33.5 Å². The number of carboxylic acids is 1. The maximum atomic E-state index is 11.1. The number of aromatic nitrogens is 1. The van der Waals surface area contributed by atoms with Crippen LogP contribution in [0.1, 0.15) is 15.8 Å². The number of amides is 1. The van der Waals surface area contributed by atoms with E-state index in [2.05, 4.69) is 4.98 Å². The molecule has 0 radical (unpaired) electrons. The molecule has 0 saturated carbocycles. The van der Waals surface area contributed by atoms with Gasteiger partial charge in [-0.1, -0.05) is 35.9 Å². The van der Waals surface area contributed by atoms with Gasteiger partial charge in [-0.2, -0.15) is 0 Å². The standard InChI is InChI=1S/C21H19ClN2O4S2/c22-15-6-4-13-5-7-16(24-18(13)9-15)10-28-17-3-1-2-14(8-17)21(29-11-19(23)25)30-12-20(26)27/h1-9,21H,10-12H2,(H2,23,25)(H,26,27). The summed E-state index contributed by atoms with van der Waals surface area (Å²) in [5.74, 6) is -0.715. The Kier molecular flexibility index (Phi) is 7.84. The molecule has 0 spiro atoms. The molecule has 0 aliphatic carbocycles. The van der Waals surface area contributed by atoms with E-state index < -0.39 is 11.9 Å². The van der Waals surface area contributed by atoms with Gasteiger partial charge in [0.1, 0.15) is 12.4 Å². The van der Waals surface area contributed by atoms with Crippen LogP contribution in [0.25, 0.3) is 10.9 Å². The number of hydrogen-bond acceptors (Lipinski definition) is 6. The fourth-order valence-electron chi connectivity index (χ4n) is 2.67. The molecule has 3 aromatic rings. The molecule has 0 aliphatic rings. The van der Waals surface area contributed by atoms with Gasteiger partial charge in [0, 0.05) is 10.4 Å². The highest BCUT2D eigenvalue weighted by Gasteiger charge is 2.16. The van der Waals surface area contributed by atoms with Crippen molar-refractivity contribution in [3.8, 4) is 5.75 Å². The van der Waals surface area contributed by atoms with Crippen LogP contribution >= 0.6 is 35.1 Å². The Labute approximate surface area is 187 Å². The van der Waals surface area contributed by atoms with E-state index in [0.29, 0.717) is 10.8 Å². The number of nitrogens with two attached hydrogens (primary N) is 1. The molecular formula is C21H19ClN2O4S2. The first kappa shape index (κ1) is 22.3. The molecule has 1 heterocycles. The molecule has 3 rings (SSSR count). The van der Waals surface area contributed by atoms with Crippen molar-refractivity contribution in [1.29, 1.82) is 0 Å². The zero-order chi connectivity index (χ0) is 21.5. The number of nitrogens with zero attached hydrogens (tertiary/aromatic N) is 1. The minimum Gasteiger partial charge on any atom is -0.487 e. The second-order valence-corrected chi connectivity index (χ2v) is 9.24. The van der Waals surface area contributed by atoms with Crippen molar-refractivity contribution in [2.45, 2.75) is 11.2 Å². The first-order valence-corrected chi connectivity index (χ1v) is 11.4. The van der Waals surface area contributed by atoms with E-state index >= 15 is 0 Å². The zero-order valence-corrected chi connectivity index (χ0v) is 18.2. The Hall–Kier alpha value is -2.42. The fourth-order valence-corrected chi connectivity index (χ4v) is 4.91. The highest BCUT2D eigenvalue weighted by molar-refractivity contribution is 8.16. The Bertz CT molecular complexity index is 1050. The molecule has 1 unspecified atom stereocenters. The Morgan fingerprint density at radius 3 is 2.63 bits per heavy atom. The fraction of sp³-hybridized carbons (Fsp3) is 0.190. The molecule has 30 heavy (non-hydrogen) atoms. The Morgan fingerprint density at radius 1 is 1.10 bits per heavy atom. The van der Waals surface area contributed by atoms with Crippen LogP contribution in [0.4, 0.5) is 0 Å². The number of pyridine rings is 1. The van der Waals surface area contributed by atoms with Gasteiger partial charge in [0.2, 0.25) is 5.91 Å². The number of fused-ring (bicyclic) bond motifs is 1. The lowest BCUT2D eigenvalue weighted by Gasteiger charge is -2.16. The number of aliphatic carboxylic acids is 1. The predicted molar refractivity (Wildman–Crippen MR) is 122 cm³/mol. The number of primary amides is 1. The number of halogens is 1. The van der Waals surface area contributed by atoms with Gasteiger partial charge < -0.3 is 15.6 Å². The Morgan fingerprint density at radius 2 is 1.87 bits per heavy atom. The van der Waals surface area contributed by atoms with Crippen LogP contribution in [0, 0.1) is 0 Å². The number of carbonyl (C=O) groups is 2. The topological polar surface area (TPSA) is 103 Å². The third kappa shape index (κ3) is 6.55. The molecule has 0 fully saturated rings. The van der Waals surface area contributed by atoms with Crippen molar-refractivity contribution in [2.24, 2.45) is 5.73 Å². The van der Waals surface area contributed by atoms with Crippen LogP contribution in [0.2, 0.25) is 5.02 Å². The minimum absolute atomic E-state index is 0.0783. The van der Waals surface area contributed by atoms with Crippen LogP contribution in [-0.2, 0) is 16.2 Å². The van der Waals surface area contributed by atoms with E-state index in [-0.39, 0.29) is 22.7 Å². The molecular weight excluding hydrogens is 444 g/mol. The van der Waals surface area contributed by atoms with Gasteiger partial charge in [-0.15, -0.1) is 23.5 Å². The van der Waals surface area contributed by atoms with Gasteiger partial charge in [-0.3, -0.25) is 9.59 Å². The molecule has 1 aromatic heterocycles. The largest absolute Gasteiger partial charge is 0.487 e. The molecule has 3 N–H and O–H groups in total. The van der Waals surface area contributed by atoms with Crippen LogP contribution < -0.4 is 10.5 Å². The number of carboxylic acid groups (broad SMARTS) is 1. The SMILES string of the molecule is NC(=O)CSC(SCC(=O)O)c1cccc(OCc2ccc3ccc(Cl)cc3n2)c1. The molecule has 2 aromatic carbocycles. The zero-order valence-electron chi connectivity index (χ0n) is 15.8. The van der Waals surface area contributed by atoms with Crippen molar-refractivity contribution in [1.82, 2.24) is 4.98 Å². The van der Waals surface area contributed by atoms with Crippen molar-refractivity contribution in [3.05, 3.63) is 70.9 Å². The summed E-state index contributed by atoms with van der Waals surface area (Å²) in [6, 6.07) is 16.8. The summed E-state index contributed by atoms with van der Waals surface area (Å²) in [6.45, 7) is 0.271.